The molecule has 0 saturated heterocycles. The fourth-order valence-corrected chi connectivity index (χ4v) is 9.27. The van der Waals surface area contributed by atoms with Crippen molar-refractivity contribution < 1.29 is 24.5 Å². The number of ether oxygens (including phenoxy) is 1. The highest BCUT2D eigenvalue weighted by Gasteiger charge is 2.18. The molecule has 0 fully saturated rings. The van der Waals surface area contributed by atoms with E-state index < -0.39 is 12.1 Å². The lowest BCUT2D eigenvalue weighted by atomic mass is 10.0. The maximum Gasteiger partial charge on any atom is 0.305 e. The van der Waals surface area contributed by atoms with E-state index in [1.807, 2.05) is 6.08 Å². The van der Waals surface area contributed by atoms with Gasteiger partial charge in [-0.2, -0.15) is 0 Å². The number of carbonyl (C=O) groups excluding carboxylic acids is 2. The van der Waals surface area contributed by atoms with Crippen LogP contribution in [0.5, 0.6) is 0 Å². The number of amides is 1. The molecule has 0 saturated carbocycles. The van der Waals surface area contributed by atoms with Crippen molar-refractivity contribution in [2.24, 2.45) is 0 Å². The van der Waals surface area contributed by atoms with Crippen LogP contribution in [0.1, 0.15) is 322 Å². The predicted molar refractivity (Wildman–Crippen MR) is 296 cm³/mol. The number of esters is 1. The van der Waals surface area contributed by atoms with Gasteiger partial charge in [-0.1, -0.05) is 281 Å². The Hall–Kier alpha value is -1.92. The molecule has 0 aliphatic carbocycles. The first-order valence-electron chi connectivity index (χ1n) is 30.3. The van der Waals surface area contributed by atoms with Crippen LogP contribution < -0.4 is 5.32 Å². The molecule has 68 heavy (non-hydrogen) atoms. The molecule has 400 valence electrons. The van der Waals surface area contributed by atoms with E-state index >= 15 is 0 Å². The quantitative estimate of drug-likeness (QED) is 0.0244. The van der Waals surface area contributed by atoms with Crippen molar-refractivity contribution in [2.45, 2.75) is 334 Å². The second kappa shape index (κ2) is 57.7. The highest BCUT2D eigenvalue weighted by atomic mass is 16.5. The van der Waals surface area contributed by atoms with Gasteiger partial charge in [0.2, 0.25) is 5.91 Å². The van der Waals surface area contributed by atoms with Crippen molar-refractivity contribution in [3.8, 4) is 0 Å². The molecule has 6 heteroatoms. The van der Waals surface area contributed by atoms with E-state index in [0.29, 0.717) is 19.4 Å². The van der Waals surface area contributed by atoms with Gasteiger partial charge in [-0.3, -0.25) is 9.59 Å². The van der Waals surface area contributed by atoms with Gasteiger partial charge in [0.15, 0.2) is 0 Å². The van der Waals surface area contributed by atoms with E-state index in [0.717, 1.165) is 77.0 Å². The number of allylic oxidation sites excluding steroid dienone is 5. The van der Waals surface area contributed by atoms with Crippen LogP contribution in [0.2, 0.25) is 0 Å². The van der Waals surface area contributed by atoms with Gasteiger partial charge in [-0.15, -0.1) is 0 Å². The average Bonchev–Trinajstić information content (AvgIpc) is 3.34. The van der Waals surface area contributed by atoms with Crippen molar-refractivity contribution in [3.05, 3.63) is 36.5 Å². The standard InChI is InChI=1S/C62H117NO5/c1-3-5-7-9-11-13-15-17-18-19-20-21-22-23-24-25-27-31-34-38-42-46-50-54-60(65)59(58-64)63-61(66)55-51-47-43-39-35-32-28-26-29-33-37-41-45-49-53-57-68-62(67)56-52-48-44-40-36-30-16-14-12-10-8-6-4-2/h26,29,33,37,50,54,59-60,64-65H,3-25,27-28,30-32,34-36,38-49,51-53,55-58H2,1-2H3,(H,63,66)/b29-26-,37-33-,54-50+. The van der Waals surface area contributed by atoms with Gasteiger partial charge in [0.05, 0.1) is 25.4 Å². The van der Waals surface area contributed by atoms with Crippen molar-refractivity contribution in [2.75, 3.05) is 13.2 Å². The van der Waals surface area contributed by atoms with E-state index in [2.05, 4.69) is 43.5 Å². The summed E-state index contributed by atoms with van der Waals surface area (Å²) in [7, 11) is 0. The highest BCUT2D eigenvalue weighted by Crippen LogP contribution is 2.17. The molecule has 1 amide bonds. The molecule has 0 radical (unpaired) electrons. The Balaban J connectivity index is 3.54. The average molecular weight is 957 g/mol. The third-order valence-corrected chi connectivity index (χ3v) is 13.9. The van der Waals surface area contributed by atoms with Gasteiger partial charge in [0.25, 0.3) is 0 Å². The van der Waals surface area contributed by atoms with Crippen LogP contribution in [-0.2, 0) is 14.3 Å². The zero-order valence-electron chi connectivity index (χ0n) is 45.6. The monoisotopic (exact) mass is 956 g/mol. The fourth-order valence-electron chi connectivity index (χ4n) is 9.27. The number of hydrogen-bond donors (Lipinski definition) is 3. The maximum atomic E-state index is 12.5. The molecule has 0 aromatic carbocycles. The van der Waals surface area contributed by atoms with Gasteiger partial charge >= 0.3 is 5.97 Å². The first-order valence-corrected chi connectivity index (χ1v) is 30.3. The van der Waals surface area contributed by atoms with Crippen molar-refractivity contribution in [1.29, 1.82) is 0 Å². The molecule has 0 bridgehead atoms. The van der Waals surface area contributed by atoms with E-state index in [4.69, 9.17) is 4.74 Å². The SMILES string of the molecule is CCCCCCCCCCCCCCCCCCCCCCC/C=C/C(O)C(CO)NC(=O)CCCCCCCC/C=C\C=C/CCCCCOC(=O)CCCCCCCCCCCCCCC. The molecule has 0 heterocycles. The number of hydrogen-bond acceptors (Lipinski definition) is 5. The molecule has 2 unspecified atom stereocenters. The minimum atomic E-state index is -0.860. The Morgan fingerprint density at radius 2 is 0.721 bits per heavy atom. The van der Waals surface area contributed by atoms with Gasteiger partial charge in [-0.05, 0) is 64.2 Å². The molecule has 3 N–H and O–H groups in total. The van der Waals surface area contributed by atoms with E-state index in [-0.39, 0.29) is 18.5 Å². The summed E-state index contributed by atoms with van der Waals surface area (Å²) in [6.45, 7) is 4.86. The van der Waals surface area contributed by atoms with Crippen LogP contribution >= 0.6 is 0 Å². The summed E-state index contributed by atoms with van der Waals surface area (Å²) in [5, 5.41) is 23.2. The minimum absolute atomic E-state index is 0.0210. The number of aliphatic hydroxyl groups excluding tert-OH is 2. The molecule has 0 aliphatic heterocycles. The number of rotatable bonds is 56. The molecule has 2 atom stereocenters. The summed E-state index contributed by atoms with van der Waals surface area (Å²) in [5.74, 6) is -0.109. The Morgan fingerprint density at radius 1 is 0.412 bits per heavy atom. The third-order valence-electron chi connectivity index (χ3n) is 13.9. The Morgan fingerprint density at radius 3 is 1.09 bits per heavy atom. The minimum Gasteiger partial charge on any atom is -0.466 e. The lowest BCUT2D eigenvalue weighted by Gasteiger charge is -2.20. The van der Waals surface area contributed by atoms with Crippen LogP contribution in [0.15, 0.2) is 36.5 Å². The molecule has 0 spiro atoms. The van der Waals surface area contributed by atoms with E-state index in [1.165, 1.54) is 218 Å². The van der Waals surface area contributed by atoms with Gasteiger partial charge in [0.1, 0.15) is 0 Å². The molecule has 0 aromatic heterocycles. The maximum absolute atomic E-state index is 12.5. The summed E-state index contributed by atoms with van der Waals surface area (Å²) in [6, 6.07) is -0.646. The smallest absolute Gasteiger partial charge is 0.305 e. The van der Waals surface area contributed by atoms with Crippen LogP contribution in [-0.4, -0.2) is 47.4 Å². The van der Waals surface area contributed by atoms with E-state index in [9.17, 15) is 19.8 Å². The van der Waals surface area contributed by atoms with Gasteiger partial charge < -0.3 is 20.3 Å². The second-order valence-electron chi connectivity index (χ2n) is 20.7. The van der Waals surface area contributed by atoms with Crippen molar-refractivity contribution in [1.82, 2.24) is 5.32 Å². The third kappa shape index (κ3) is 53.4. The Labute approximate surface area is 424 Å². The predicted octanol–water partition coefficient (Wildman–Crippen LogP) is 18.8. The number of carbonyl (C=O) groups is 2. The number of nitrogens with one attached hydrogen (secondary N) is 1. The first-order chi connectivity index (χ1) is 33.5. The van der Waals surface area contributed by atoms with Crippen LogP contribution in [0.4, 0.5) is 0 Å². The van der Waals surface area contributed by atoms with Crippen LogP contribution in [0, 0.1) is 0 Å². The number of unbranched alkanes of at least 4 members (excludes halogenated alkanes) is 42. The molecule has 0 aromatic rings. The summed E-state index contributed by atoms with van der Waals surface area (Å²) in [5.41, 5.74) is 0. The fraction of sp³-hybridized carbons (Fsp3) is 0.871. The molecule has 0 aliphatic rings. The largest absolute Gasteiger partial charge is 0.466 e. The van der Waals surface area contributed by atoms with Crippen LogP contribution in [0.3, 0.4) is 0 Å². The lowest BCUT2D eigenvalue weighted by molar-refractivity contribution is -0.143. The Bertz CT molecular complexity index is 1100. The zero-order chi connectivity index (χ0) is 49.3. The summed E-state index contributed by atoms with van der Waals surface area (Å²) >= 11 is 0. The van der Waals surface area contributed by atoms with E-state index in [1.54, 1.807) is 6.08 Å². The summed E-state index contributed by atoms with van der Waals surface area (Å²) < 4.78 is 5.44. The zero-order valence-corrected chi connectivity index (χ0v) is 45.6. The van der Waals surface area contributed by atoms with Crippen molar-refractivity contribution >= 4 is 11.9 Å². The second-order valence-corrected chi connectivity index (χ2v) is 20.7. The normalized spacial score (nSPS) is 12.8. The lowest BCUT2D eigenvalue weighted by Crippen LogP contribution is -2.45. The summed E-state index contributed by atoms with van der Waals surface area (Å²) in [6.07, 6.45) is 71.8. The molecule has 0 rings (SSSR count). The summed E-state index contributed by atoms with van der Waals surface area (Å²) in [4.78, 5) is 24.5. The van der Waals surface area contributed by atoms with Crippen LogP contribution in [0.25, 0.3) is 0 Å². The van der Waals surface area contributed by atoms with Crippen molar-refractivity contribution in [3.63, 3.8) is 0 Å². The first kappa shape index (κ1) is 66.1. The van der Waals surface area contributed by atoms with Gasteiger partial charge in [0, 0.05) is 12.8 Å². The topological polar surface area (TPSA) is 95.9 Å². The Kier molecular flexibility index (Phi) is 56.0. The van der Waals surface area contributed by atoms with Gasteiger partial charge in [-0.25, -0.2) is 0 Å². The molecular formula is C62H117NO5. The number of aliphatic hydroxyl groups is 2. The highest BCUT2D eigenvalue weighted by molar-refractivity contribution is 5.76. The molecule has 6 nitrogen and oxygen atoms in total. The molecular weight excluding hydrogens is 839 g/mol.